The van der Waals surface area contributed by atoms with Crippen LogP contribution in [0.25, 0.3) is 0 Å². The van der Waals surface area contributed by atoms with Gasteiger partial charge in [0.25, 0.3) is 0 Å². The van der Waals surface area contributed by atoms with Gasteiger partial charge in [-0.3, -0.25) is 9.59 Å². The van der Waals surface area contributed by atoms with Gasteiger partial charge in [-0.1, -0.05) is 29.8 Å². The number of ether oxygens (including phenoxy) is 2. The standard InChI is InChI=1S/C25H31BClNO6/c1-24(2)25(3,4)34-26(33-24)18-15-17(12-13-19(18)27)21(29)16-28-20-9-6-7-10-22(20)32-14-8-11-23(30)31-5/h6-7,9-10,12-13,15,28H,8,11,14,16H2,1-5H3. The van der Waals surface area contributed by atoms with Gasteiger partial charge in [-0.15, -0.1) is 0 Å². The molecule has 2 aromatic carbocycles. The van der Waals surface area contributed by atoms with Crippen molar-refractivity contribution in [2.24, 2.45) is 0 Å². The first kappa shape index (κ1) is 26.1. The molecule has 182 valence electrons. The summed E-state index contributed by atoms with van der Waals surface area (Å²) < 4.78 is 22.6. The van der Waals surface area contributed by atoms with Crippen molar-refractivity contribution < 1.29 is 28.4 Å². The number of nitrogens with one attached hydrogen (secondary N) is 1. The summed E-state index contributed by atoms with van der Waals surface area (Å²) in [6.07, 6.45) is 0.818. The zero-order valence-electron chi connectivity index (χ0n) is 20.3. The number of anilines is 1. The van der Waals surface area contributed by atoms with Crippen LogP contribution in [0.2, 0.25) is 5.02 Å². The number of para-hydroxylation sites is 2. The Morgan fingerprint density at radius 1 is 1.06 bits per heavy atom. The average Bonchev–Trinajstić information content (AvgIpc) is 3.02. The number of benzene rings is 2. The van der Waals surface area contributed by atoms with Gasteiger partial charge in [0.15, 0.2) is 5.78 Å². The maximum atomic E-state index is 13.0. The molecule has 0 aliphatic carbocycles. The van der Waals surface area contributed by atoms with Crippen LogP contribution in [0, 0.1) is 0 Å². The van der Waals surface area contributed by atoms with Crippen molar-refractivity contribution >= 4 is 41.6 Å². The fourth-order valence-electron chi connectivity index (χ4n) is 3.38. The molecule has 0 amide bonds. The summed E-state index contributed by atoms with van der Waals surface area (Å²) in [7, 11) is 0.704. The van der Waals surface area contributed by atoms with Crippen LogP contribution in [0.3, 0.4) is 0 Å². The molecule has 1 heterocycles. The summed E-state index contributed by atoms with van der Waals surface area (Å²) >= 11 is 6.42. The molecule has 2 aromatic rings. The molecule has 1 saturated heterocycles. The normalized spacial score (nSPS) is 16.2. The molecule has 0 aromatic heterocycles. The molecule has 0 atom stereocenters. The van der Waals surface area contributed by atoms with Crippen molar-refractivity contribution in [3.05, 3.63) is 53.1 Å². The first-order valence-corrected chi connectivity index (χ1v) is 11.6. The third-order valence-corrected chi connectivity index (χ3v) is 6.51. The smallest absolute Gasteiger partial charge is 0.491 e. The Morgan fingerprint density at radius 3 is 2.41 bits per heavy atom. The Morgan fingerprint density at radius 2 is 1.74 bits per heavy atom. The lowest BCUT2D eigenvalue weighted by molar-refractivity contribution is -0.140. The summed E-state index contributed by atoms with van der Waals surface area (Å²) in [4.78, 5) is 24.2. The van der Waals surface area contributed by atoms with Crippen molar-refractivity contribution in [1.29, 1.82) is 0 Å². The molecule has 1 fully saturated rings. The number of hydrogen-bond acceptors (Lipinski definition) is 7. The molecule has 0 unspecified atom stereocenters. The van der Waals surface area contributed by atoms with Gasteiger partial charge in [-0.2, -0.15) is 0 Å². The van der Waals surface area contributed by atoms with Crippen molar-refractivity contribution in [1.82, 2.24) is 0 Å². The molecule has 0 radical (unpaired) electrons. The van der Waals surface area contributed by atoms with Crippen LogP contribution in [-0.2, 0) is 18.8 Å². The van der Waals surface area contributed by atoms with E-state index in [1.807, 2.05) is 52.0 Å². The van der Waals surface area contributed by atoms with Gasteiger partial charge in [-0.25, -0.2) is 0 Å². The molecular formula is C25H31BClNO6. The lowest BCUT2D eigenvalue weighted by Crippen LogP contribution is -2.41. The van der Waals surface area contributed by atoms with E-state index in [0.717, 1.165) is 0 Å². The number of carbonyl (C=O) groups is 2. The third-order valence-electron chi connectivity index (χ3n) is 6.16. The van der Waals surface area contributed by atoms with E-state index in [2.05, 4.69) is 10.1 Å². The van der Waals surface area contributed by atoms with Crippen LogP contribution in [0.4, 0.5) is 5.69 Å². The van der Waals surface area contributed by atoms with E-state index in [9.17, 15) is 9.59 Å². The number of carbonyl (C=O) groups excluding carboxylic acids is 2. The van der Waals surface area contributed by atoms with E-state index in [1.54, 1.807) is 18.2 Å². The van der Waals surface area contributed by atoms with E-state index in [0.29, 0.717) is 40.5 Å². The van der Waals surface area contributed by atoms with Gasteiger partial charge in [0.05, 0.1) is 37.2 Å². The van der Waals surface area contributed by atoms with E-state index in [1.165, 1.54) is 7.11 Å². The molecule has 34 heavy (non-hydrogen) atoms. The summed E-state index contributed by atoms with van der Waals surface area (Å²) in [5.74, 6) is 0.215. The molecule has 0 spiro atoms. The van der Waals surface area contributed by atoms with E-state index < -0.39 is 18.3 Å². The minimum Gasteiger partial charge on any atom is -0.491 e. The molecule has 3 rings (SSSR count). The molecule has 1 N–H and O–H groups in total. The van der Waals surface area contributed by atoms with Crippen molar-refractivity contribution in [3.63, 3.8) is 0 Å². The van der Waals surface area contributed by atoms with Crippen molar-refractivity contribution in [2.75, 3.05) is 25.6 Å². The monoisotopic (exact) mass is 487 g/mol. The summed E-state index contributed by atoms with van der Waals surface area (Å²) in [5.41, 5.74) is 0.791. The van der Waals surface area contributed by atoms with Gasteiger partial charge in [0, 0.05) is 22.5 Å². The van der Waals surface area contributed by atoms with Gasteiger partial charge >= 0.3 is 13.1 Å². The Hall–Kier alpha value is -2.55. The molecule has 9 heteroatoms. The van der Waals surface area contributed by atoms with Crippen LogP contribution in [0.1, 0.15) is 50.9 Å². The number of methoxy groups -OCH3 is 1. The van der Waals surface area contributed by atoms with Crippen LogP contribution in [0.5, 0.6) is 5.75 Å². The molecule has 0 bridgehead atoms. The molecular weight excluding hydrogens is 457 g/mol. The number of ketones is 1. The first-order valence-electron chi connectivity index (χ1n) is 11.2. The molecule has 1 aliphatic rings. The minimum absolute atomic E-state index is 0.0625. The quantitative estimate of drug-likeness (QED) is 0.232. The van der Waals surface area contributed by atoms with Gasteiger partial charge in [-0.05, 0) is 58.4 Å². The maximum absolute atomic E-state index is 13.0. The van der Waals surface area contributed by atoms with Crippen LogP contribution < -0.4 is 15.5 Å². The lowest BCUT2D eigenvalue weighted by Gasteiger charge is -2.32. The fraction of sp³-hybridized carbons (Fsp3) is 0.440. The number of hydrogen-bond donors (Lipinski definition) is 1. The Balaban J connectivity index is 1.64. The second-order valence-corrected chi connectivity index (χ2v) is 9.53. The molecule has 1 aliphatic heterocycles. The van der Waals surface area contributed by atoms with Crippen LogP contribution in [0.15, 0.2) is 42.5 Å². The summed E-state index contributed by atoms with van der Waals surface area (Å²) in [6, 6.07) is 12.4. The minimum atomic E-state index is -0.655. The Bertz CT molecular complexity index is 1030. The SMILES string of the molecule is COC(=O)CCCOc1ccccc1NCC(=O)c1ccc(Cl)c(B2OC(C)(C)C(C)(C)O2)c1. The Kier molecular flexibility index (Phi) is 8.28. The fourth-order valence-corrected chi connectivity index (χ4v) is 3.59. The lowest BCUT2D eigenvalue weighted by atomic mass is 9.78. The maximum Gasteiger partial charge on any atom is 0.496 e. The number of halogens is 1. The summed E-state index contributed by atoms with van der Waals surface area (Å²) in [5, 5.41) is 3.62. The number of esters is 1. The highest BCUT2D eigenvalue weighted by molar-refractivity contribution is 6.65. The predicted octanol–water partition coefficient (Wildman–Crippen LogP) is 4.27. The highest BCUT2D eigenvalue weighted by Crippen LogP contribution is 2.37. The average molecular weight is 488 g/mol. The van der Waals surface area contributed by atoms with E-state index >= 15 is 0 Å². The van der Waals surface area contributed by atoms with Crippen LogP contribution >= 0.6 is 11.6 Å². The van der Waals surface area contributed by atoms with Gasteiger partial charge < -0.3 is 24.1 Å². The zero-order valence-corrected chi connectivity index (χ0v) is 21.0. The molecule has 0 saturated carbocycles. The number of Topliss-reactive ketones (excluding diaryl/α,β-unsaturated/α-hetero) is 1. The summed E-state index contributed by atoms with van der Waals surface area (Å²) in [6.45, 7) is 8.29. The first-order chi connectivity index (χ1) is 16.0. The topological polar surface area (TPSA) is 83.1 Å². The highest BCUT2D eigenvalue weighted by Gasteiger charge is 2.52. The molecule has 7 nitrogen and oxygen atoms in total. The zero-order chi connectivity index (χ0) is 24.9. The highest BCUT2D eigenvalue weighted by atomic mass is 35.5. The van der Waals surface area contributed by atoms with Gasteiger partial charge in [0.2, 0.25) is 0 Å². The van der Waals surface area contributed by atoms with Crippen molar-refractivity contribution in [2.45, 2.75) is 51.7 Å². The second kappa shape index (κ2) is 10.8. The van der Waals surface area contributed by atoms with Crippen molar-refractivity contribution in [3.8, 4) is 5.75 Å². The third kappa shape index (κ3) is 6.11. The Labute approximate surface area is 206 Å². The van der Waals surface area contributed by atoms with E-state index in [4.69, 9.17) is 25.6 Å². The predicted molar refractivity (Wildman–Crippen MR) is 133 cm³/mol. The number of rotatable bonds is 10. The van der Waals surface area contributed by atoms with Crippen LogP contribution in [-0.4, -0.2) is 50.3 Å². The second-order valence-electron chi connectivity index (χ2n) is 9.13. The van der Waals surface area contributed by atoms with Gasteiger partial charge in [0.1, 0.15) is 5.75 Å². The largest absolute Gasteiger partial charge is 0.496 e. The van der Waals surface area contributed by atoms with E-state index in [-0.39, 0.29) is 24.7 Å².